The smallest absolute Gasteiger partial charge is 0.227 e. The van der Waals surface area contributed by atoms with Crippen LogP contribution >= 0.6 is 0 Å². The molecule has 0 spiro atoms. The Morgan fingerprint density at radius 3 is 2.72 bits per heavy atom. The van der Waals surface area contributed by atoms with Crippen LogP contribution in [0.4, 0.5) is 11.5 Å². The van der Waals surface area contributed by atoms with Crippen LogP contribution in [-0.2, 0) is 16.0 Å². The van der Waals surface area contributed by atoms with Gasteiger partial charge >= 0.3 is 0 Å². The number of nitrogens with zero attached hydrogens (tertiary/aromatic N) is 2. The second kappa shape index (κ2) is 8.30. The molecular weight excluding hydrogens is 400 g/mol. The quantitative estimate of drug-likeness (QED) is 0.481. The highest BCUT2D eigenvalue weighted by Crippen LogP contribution is 2.31. The van der Waals surface area contributed by atoms with Crippen molar-refractivity contribution < 1.29 is 9.59 Å². The fourth-order valence-corrected chi connectivity index (χ4v) is 4.27. The Balaban J connectivity index is 1.36. The number of hydrogen-bond acceptors (Lipinski definition) is 3. The van der Waals surface area contributed by atoms with Gasteiger partial charge in [0.25, 0.3) is 0 Å². The van der Waals surface area contributed by atoms with E-state index in [9.17, 15) is 9.59 Å². The van der Waals surface area contributed by atoms with Gasteiger partial charge in [-0.15, -0.1) is 0 Å². The van der Waals surface area contributed by atoms with Gasteiger partial charge in [-0.25, -0.2) is 4.98 Å². The highest BCUT2D eigenvalue weighted by molar-refractivity contribution is 5.97. The Labute approximate surface area is 186 Å². The third-order valence-corrected chi connectivity index (χ3v) is 5.98. The first-order chi connectivity index (χ1) is 15.6. The minimum Gasteiger partial charge on any atom is -0.326 e. The molecule has 0 fully saturated rings. The summed E-state index contributed by atoms with van der Waals surface area (Å²) >= 11 is 0. The zero-order chi connectivity index (χ0) is 22.1. The molecule has 0 radical (unpaired) electrons. The lowest BCUT2D eigenvalue weighted by molar-refractivity contribution is -0.121. The molecule has 0 aliphatic carbocycles. The molecule has 0 saturated heterocycles. The molecule has 2 aromatic carbocycles. The second-order valence-corrected chi connectivity index (χ2v) is 8.19. The molecule has 3 heterocycles. The second-order valence-electron chi connectivity index (χ2n) is 8.19. The van der Waals surface area contributed by atoms with Crippen molar-refractivity contribution >= 4 is 29.0 Å². The Hall–Kier alpha value is -3.93. The summed E-state index contributed by atoms with van der Waals surface area (Å²) in [6.45, 7) is 2.00. The number of imidazole rings is 1. The van der Waals surface area contributed by atoms with Gasteiger partial charge in [-0.2, -0.15) is 0 Å². The number of pyridine rings is 1. The predicted molar refractivity (Wildman–Crippen MR) is 125 cm³/mol. The lowest BCUT2D eigenvalue weighted by Gasteiger charge is -2.24. The molecule has 0 bridgehead atoms. The highest BCUT2D eigenvalue weighted by atomic mass is 16.2. The molecule has 5 rings (SSSR count). The SMILES string of the molecule is Cc1cccn2c(NC(=O)CCC3Cc4ccccc4NC3=O)c(-c3ccccc3)nc12. The number of hydrogen-bond donors (Lipinski definition) is 2. The minimum absolute atomic E-state index is 0.0214. The van der Waals surface area contributed by atoms with E-state index >= 15 is 0 Å². The lowest BCUT2D eigenvalue weighted by atomic mass is 9.89. The van der Waals surface area contributed by atoms with Gasteiger partial charge in [-0.3, -0.25) is 14.0 Å². The maximum atomic E-state index is 12.9. The third kappa shape index (κ3) is 3.75. The predicted octanol–water partition coefficient (Wildman–Crippen LogP) is 4.84. The summed E-state index contributed by atoms with van der Waals surface area (Å²) in [4.78, 5) is 30.2. The molecule has 2 aromatic heterocycles. The van der Waals surface area contributed by atoms with E-state index in [4.69, 9.17) is 4.98 Å². The van der Waals surface area contributed by atoms with Gasteiger partial charge in [0.15, 0.2) is 0 Å². The van der Waals surface area contributed by atoms with Crippen molar-refractivity contribution in [1.29, 1.82) is 0 Å². The Morgan fingerprint density at radius 1 is 1.09 bits per heavy atom. The first-order valence-corrected chi connectivity index (χ1v) is 10.8. The highest BCUT2D eigenvalue weighted by Gasteiger charge is 2.26. The van der Waals surface area contributed by atoms with E-state index in [0.717, 1.165) is 33.7 Å². The Bertz CT molecular complexity index is 1310. The first kappa shape index (κ1) is 20.0. The molecule has 1 unspecified atom stereocenters. The van der Waals surface area contributed by atoms with Crippen LogP contribution in [0.15, 0.2) is 72.9 Å². The molecular formula is C26H24N4O2. The molecule has 0 saturated carbocycles. The van der Waals surface area contributed by atoms with E-state index in [-0.39, 0.29) is 24.2 Å². The zero-order valence-corrected chi connectivity index (χ0v) is 17.8. The summed E-state index contributed by atoms with van der Waals surface area (Å²) in [5.74, 6) is 0.288. The zero-order valence-electron chi connectivity index (χ0n) is 17.8. The van der Waals surface area contributed by atoms with Crippen molar-refractivity contribution in [3.05, 3.63) is 84.1 Å². The van der Waals surface area contributed by atoms with Gasteiger partial charge in [-0.1, -0.05) is 54.6 Å². The van der Waals surface area contributed by atoms with Crippen LogP contribution in [0.5, 0.6) is 0 Å². The van der Waals surface area contributed by atoms with Crippen molar-refractivity contribution in [2.24, 2.45) is 5.92 Å². The van der Waals surface area contributed by atoms with Crippen molar-refractivity contribution in [1.82, 2.24) is 9.38 Å². The van der Waals surface area contributed by atoms with E-state index in [1.54, 1.807) is 0 Å². The topological polar surface area (TPSA) is 75.5 Å². The summed E-state index contributed by atoms with van der Waals surface area (Å²) in [7, 11) is 0. The van der Waals surface area contributed by atoms with E-state index in [0.29, 0.717) is 18.7 Å². The molecule has 160 valence electrons. The van der Waals surface area contributed by atoms with Gasteiger partial charge in [0.2, 0.25) is 11.8 Å². The maximum absolute atomic E-state index is 12.9. The average molecular weight is 425 g/mol. The lowest BCUT2D eigenvalue weighted by Crippen LogP contribution is -2.30. The molecule has 6 nitrogen and oxygen atoms in total. The monoisotopic (exact) mass is 424 g/mol. The number of aromatic nitrogens is 2. The number of rotatable bonds is 5. The number of carbonyl (C=O) groups excluding carboxylic acids is 2. The molecule has 32 heavy (non-hydrogen) atoms. The number of carbonyl (C=O) groups is 2. The largest absolute Gasteiger partial charge is 0.326 e. The number of para-hydroxylation sites is 1. The summed E-state index contributed by atoms with van der Waals surface area (Å²) in [5.41, 5.74) is 5.49. The summed E-state index contributed by atoms with van der Waals surface area (Å²) in [5, 5.41) is 6.02. The number of nitrogens with one attached hydrogen (secondary N) is 2. The van der Waals surface area contributed by atoms with Crippen LogP contribution in [-0.4, -0.2) is 21.2 Å². The van der Waals surface area contributed by atoms with E-state index in [1.807, 2.05) is 84.3 Å². The standard InChI is InChI=1S/C26H24N4O2/c1-17-8-7-15-30-24(17)29-23(18-9-3-2-4-10-18)25(30)28-22(31)14-13-20-16-19-11-5-6-12-21(19)27-26(20)32/h2-12,15,20H,13-14,16H2,1H3,(H,27,32)(H,28,31). The number of fused-ring (bicyclic) bond motifs is 2. The number of aryl methyl sites for hydroxylation is 1. The molecule has 6 heteroatoms. The van der Waals surface area contributed by atoms with Gasteiger partial charge < -0.3 is 10.6 Å². The average Bonchev–Trinajstić information content (AvgIpc) is 3.18. The van der Waals surface area contributed by atoms with E-state index in [1.165, 1.54) is 0 Å². The van der Waals surface area contributed by atoms with Crippen molar-refractivity contribution in [2.45, 2.75) is 26.2 Å². The van der Waals surface area contributed by atoms with Crippen LogP contribution in [0, 0.1) is 12.8 Å². The molecule has 4 aromatic rings. The van der Waals surface area contributed by atoms with E-state index in [2.05, 4.69) is 10.6 Å². The molecule has 2 N–H and O–H groups in total. The molecule has 1 aliphatic rings. The van der Waals surface area contributed by atoms with Crippen LogP contribution in [0.2, 0.25) is 0 Å². The van der Waals surface area contributed by atoms with Crippen LogP contribution in [0.1, 0.15) is 24.0 Å². The van der Waals surface area contributed by atoms with Crippen molar-refractivity contribution in [3.63, 3.8) is 0 Å². The first-order valence-electron chi connectivity index (χ1n) is 10.8. The maximum Gasteiger partial charge on any atom is 0.227 e. The van der Waals surface area contributed by atoms with E-state index < -0.39 is 0 Å². The minimum atomic E-state index is -0.214. The van der Waals surface area contributed by atoms with Crippen molar-refractivity contribution in [2.75, 3.05) is 10.6 Å². The number of amides is 2. The van der Waals surface area contributed by atoms with Crippen LogP contribution < -0.4 is 10.6 Å². The number of benzene rings is 2. The van der Waals surface area contributed by atoms with Gasteiger partial charge in [-0.05, 0) is 43.0 Å². The summed E-state index contributed by atoms with van der Waals surface area (Å²) in [6, 6.07) is 21.6. The Morgan fingerprint density at radius 2 is 1.88 bits per heavy atom. The van der Waals surface area contributed by atoms with Gasteiger partial charge in [0.05, 0.1) is 0 Å². The van der Waals surface area contributed by atoms with Crippen LogP contribution in [0.25, 0.3) is 16.9 Å². The van der Waals surface area contributed by atoms with Gasteiger partial charge in [0.1, 0.15) is 17.2 Å². The molecule has 2 amide bonds. The fraction of sp³-hybridized carbons (Fsp3) is 0.192. The number of anilines is 2. The third-order valence-electron chi connectivity index (χ3n) is 5.98. The normalized spacial score (nSPS) is 15.3. The summed E-state index contributed by atoms with van der Waals surface area (Å²) < 4.78 is 1.92. The molecule has 1 atom stereocenters. The summed E-state index contributed by atoms with van der Waals surface area (Å²) in [6.07, 6.45) is 3.30. The molecule has 1 aliphatic heterocycles. The van der Waals surface area contributed by atoms with Crippen molar-refractivity contribution in [3.8, 4) is 11.3 Å². The Kier molecular flexibility index (Phi) is 5.19. The fourth-order valence-electron chi connectivity index (χ4n) is 4.27. The van der Waals surface area contributed by atoms with Crippen LogP contribution in [0.3, 0.4) is 0 Å². The van der Waals surface area contributed by atoms with Gasteiger partial charge in [0, 0.05) is 29.8 Å².